The molecule has 1 saturated heterocycles. The molecule has 0 aromatic heterocycles. The van der Waals surface area contributed by atoms with Gasteiger partial charge in [-0.15, -0.1) is 0 Å². The van der Waals surface area contributed by atoms with Crippen LogP contribution in [0, 0.1) is 5.82 Å². The zero-order chi connectivity index (χ0) is 23.3. The summed E-state index contributed by atoms with van der Waals surface area (Å²) < 4.78 is 29.8. The molecule has 0 bridgehead atoms. The SMILES string of the molecule is COc1cc(/C=C2\SC(=O)N(CC(=O)OC(C)C)C2=O)ccc1OCc1ccccc1F. The number of halogens is 1. The number of carbonyl (C=O) groups excluding carboxylic acids is 3. The minimum atomic E-state index is -0.651. The largest absolute Gasteiger partial charge is 0.493 e. The summed E-state index contributed by atoms with van der Waals surface area (Å²) in [4.78, 5) is 37.6. The van der Waals surface area contributed by atoms with E-state index in [1.165, 1.54) is 19.3 Å². The van der Waals surface area contributed by atoms with Gasteiger partial charge in [-0.2, -0.15) is 0 Å². The Labute approximate surface area is 189 Å². The number of esters is 1. The molecule has 7 nitrogen and oxygen atoms in total. The van der Waals surface area contributed by atoms with Crippen molar-refractivity contribution in [3.05, 3.63) is 64.3 Å². The highest BCUT2D eigenvalue weighted by atomic mass is 32.2. The highest BCUT2D eigenvalue weighted by Crippen LogP contribution is 2.34. The zero-order valence-corrected chi connectivity index (χ0v) is 18.6. The lowest BCUT2D eigenvalue weighted by Gasteiger charge is -2.13. The molecular formula is C23H22FNO6S. The molecular weight excluding hydrogens is 437 g/mol. The fourth-order valence-corrected chi connectivity index (χ4v) is 3.72. The molecule has 2 aromatic carbocycles. The molecule has 2 aromatic rings. The van der Waals surface area contributed by atoms with Crippen molar-refractivity contribution in [3.63, 3.8) is 0 Å². The first-order valence-electron chi connectivity index (χ1n) is 9.77. The summed E-state index contributed by atoms with van der Waals surface area (Å²) in [6.07, 6.45) is 1.19. The third-order valence-electron chi connectivity index (χ3n) is 4.35. The first kappa shape index (κ1) is 23.3. The first-order valence-corrected chi connectivity index (χ1v) is 10.6. The summed E-state index contributed by atoms with van der Waals surface area (Å²) in [5.41, 5.74) is 0.999. The van der Waals surface area contributed by atoms with Crippen LogP contribution in [-0.4, -0.2) is 41.8 Å². The Morgan fingerprint density at radius 1 is 1.16 bits per heavy atom. The number of imide groups is 1. The molecule has 168 valence electrons. The number of benzene rings is 2. The van der Waals surface area contributed by atoms with Gasteiger partial charge >= 0.3 is 5.97 Å². The van der Waals surface area contributed by atoms with Gasteiger partial charge in [-0.25, -0.2) is 4.39 Å². The predicted molar refractivity (Wildman–Crippen MR) is 118 cm³/mol. The Balaban J connectivity index is 1.73. The van der Waals surface area contributed by atoms with Crippen LogP contribution < -0.4 is 9.47 Å². The number of hydrogen-bond donors (Lipinski definition) is 0. The van der Waals surface area contributed by atoms with Gasteiger partial charge in [-0.3, -0.25) is 19.3 Å². The lowest BCUT2D eigenvalue weighted by Crippen LogP contribution is -2.35. The van der Waals surface area contributed by atoms with E-state index >= 15 is 0 Å². The molecule has 0 unspecified atom stereocenters. The van der Waals surface area contributed by atoms with Crippen molar-refractivity contribution in [1.82, 2.24) is 4.90 Å². The van der Waals surface area contributed by atoms with E-state index in [4.69, 9.17) is 14.2 Å². The normalized spacial score (nSPS) is 14.9. The highest BCUT2D eigenvalue weighted by molar-refractivity contribution is 8.18. The van der Waals surface area contributed by atoms with Crippen LogP contribution in [0.4, 0.5) is 9.18 Å². The summed E-state index contributed by atoms with van der Waals surface area (Å²) in [6, 6.07) is 11.3. The molecule has 1 heterocycles. The van der Waals surface area contributed by atoms with Crippen LogP contribution in [0.2, 0.25) is 0 Å². The van der Waals surface area contributed by atoms with Gasteiger partial charge in [0.1, 0.15) is 19.0 Å². The van der Waals surface area contributed by atoms with Crippen LogP contribution in [-0.2, 0) is 20.9 Å². The quantitative estimate of drug-likeness (QED) is 0.427. The molecule has 2 amide bonds. The molecule has 0 spiro atoms. The van der Waals surface area contributed by atoms with E-state index in [0.29, 0.717) is 22.6 Å². The summed E-state index contributed by atoms with van der Waals surface area (Å²) in [6.45, 7) is 2.95. The van der Waals surface area contributed by atoms with Crippen LogP contribution >= 0.6 is 11.8 Å². The second-order valence-electron chi connectivity index (χ2n) is 7.10. The number of ether oxygens (including phenoxy) is 3. The Kier molecular flexibility index (Phi) is 7.53. The number of hydrogen-bond acceptors (Lipinski definition) is 7. The van der Waals surface area contributed by atoms with Gasteiger partial charge in [0.15, 0.2) is 11.5 Å². The Bertz CT molecular complexity index is 1070. The van der Waals surface area contributed by atoms with Crippen molar-refractivity contribution in [2.24, 2.45) is 0 Å². The zero-order valence-electron chi connectivity index (χ0n) is 17.8. The summed E-state index contributed by atoms with van der Waals surface area (Å²) >= 11 is 0.741. The van der Waals surface area contributed by atoms with Gasteiger partial charge < -0.3 is 14.2 Å². The van der Waals surface area contributed by atoms with E-state index < -0.39 is 23.7 Å². The van der Waals surface area contributed by atoms with Crippen molar-refractivity contribution in [3.8, 4) is 11.5 Å². The third-order valence-corrected chi connectivity index (χ3v) is 5.26. The number of thioether (sulfide) groups is 1. The fraction of sp³-hybridized carbons (Fsp3) is 0.261. The minimum absolute atomic E-state index is 0.0216. The maximum atomic E-state index is 13.8. The maximum Gasteiger partial charge on any atom is 0.326 e. The van der Waals surface area contributed by atoms with Crippen molar-refractivity contribution >= 4 is 35.0 Å². The number of rotatable bonds is 8. The lowest BCUT2D eigenvalue weighted by molar-refractivity contribution is -0.149. The van der Waals surface area contributed by atoms with Crippen LogP contribution in [0.15, 0.2) is 47.4 Å². The minimum Gasteiger partial charge on any atom is -0.493 e. The first-order chi connectivity index (χ1) is 15.3. The van der Waals surface area contributed by atoms with Crippen molar-refractivity contribution in [2.75, 3.05) is 13.7 Å². The van der Waals surface area contributed by atoms with Crippen LogP contribution in [0.3, 0.4) is 0 Å². The van der Waals surface area contributed by atoms with Gasteiger partial charge in [0.05, 0.1) is 18.1 Å². The number of nitrogens with zero attached hydrogens (tertiary/aromatic N) is 1. The van der Waals surface area contributed by atoms with Crippen LogP contribution in [0.5, 0.6) is 11.5 Å². The second-order valence-corrected chi connectivity index (χ2v) is 8.09. The Morgan fingerprint density at radius 3 is 2.59 bits per heavy atom. The molecule has 1 aliphatic rings. The molecule has 0 atom stereocenters. The van der Waals surface area contributed by atoms with Crippen LogP contribution in [0.1, 0.15) is 25.0 Å². The molecule has 32 heavy (non-hydrogen) atoms. The van der Waals surface area contributed by atoms with E-state index in [-0.39, 0.29) is 23.4 Å². The third kappa shape index (κ3) is 5.67. The molecule has 0 saturated carbocycles. The van der Waals surface area contributed by atoms with E-state index in [2.05, 4.69) is 0 Å². The number of carbonyl (C=O) groups is 3. The van der Waals surface area contributed by atoms with Gasteiger partial charge in [0.2, 0.25) is 0 Å². The maximum absolute atomic E-state index is 13.8. The number of methoxy groups -OCH3 is 1. The number of amides is 2. The molecule has 1 aliphatic heterocycles. The summed E-state index contributed by atoms with van der Waals surface area (Å²) in [5.74, 6) is -0.801. The second kappa shape index (κ2) is 10.3. The molecule has 9 heteroatoms. The van der Waals surface area contributed by atoms with E-state index in [1.807, 2.05) is 0 Å². The average Bonchev–Trinajstić information content (AvgIpc) is 3.00. The molecule has 0 radical (unpaired) electrons. The molecule has 0 N–H and O–H groups in total. The summed E-state index contributed by atoms with van der Waals surface area (Å²) in [5, 5.41) is -0.543. The Hall–Kier alpha value is -3.33. The van der Waals surface area contributed by atoms with Gasteiger partial charge in [0.25, 0.3) is 11.1 Å². The summed E-state index contributed by atoms with van der Waals surface area (Å²) in [7, 11) is 1.46. The average molecular weight is 459 g/mol. The van der Waals surface area contributed by atoms with E-state index in [0.717, 1.165) is 16.7 Å². The topological polar surface area (TPSA) is 82.1 Å². The van der Waals surface area contributed by atoms with E-state index in [9.17, 15) is 18.8 Å². The lowest BCUT2D eigenvalue weighted by atomic mass is 10.1. The molecule has 1 fully saturated rings. The van der Waals surface area contributed by atoms with E-state index in [1.54, 1.807) is 50.2 Å². The standard InChI is InChI=1S/C23H22FNO6S/c1-14(2)31-21(26)12-25-22(27)20(32-23(25)28)11-15-8-9-18(19(10-15)29-3)30-13-16-6-4-5-7-17(16)24/h4-11,14H,12-13H2,1-3H3/b20-11-. The van der Waals surface area contributed by atoms with Crippen molar-refractivity contribution in [1.29, 1.82) is 0 Å². The Morgan fingerprint density at radius 2 is 1.91 bits per heavy atom. The molecule has 3 rings (SSSR count). The fourth-order valence-electron chi connectivity index (χ4n) is 2.88. The monoisotopic (exact) mass is 459 g/mol. The molecule has 0 aliphatic carbocycles. The predicted octanol–water partition coefficient (Wildman–Crippen LogP) is 4.40. The van der Waals surface area contributed by atoms with Gasteiger partial charge in [0, 0.05) is 5.56 Å². The van der Waals surface area contributed by atoms with Crippen molar-refractivity contribution in [2.45, 2.75) is 26.6 Å². The van der Waals surface area contributed by atoms with Gasteiger partial charge in [-0.1, -0.05) is 24.3 Å². The van der Waals surface area contributed by atoms with Gasteiger partial charge in [-0.05, 0) is 55.4 Å². The smallest absolute Gasteiger partial charge is 0.326 e. The highest BCUT2D eigenvalue weighted by Gasteiger charge is 2.36. The van der Waals surface area contributed by atoms with Crippen LogP contribution in [0.25, 0.3) is 6.08 Å². The van der Waals surface area contributed by atoms with Crippen molar-refractivity contribution < 1.29 is 33.0 Å².